The zero-order valence-electron chi connectivity index (χ0n) is 17.8. The Hall–Kier alpha value is -2.99. The lowest BCUT2D eigenvalue weighted by molar-refractivity contribution is 0.0636. The number of carbonyl (C=O) groups excluding carboxylic acids is 1. The van der Waals surface area contributed by atoms with Crippen LogP contribution in [0.3, 0.4) is 0 Å². The highest BCUT2D eigenvalue weighted by Crippen LogP contribution is 2.18. The van der Waals surface area contributed by atoms with Gasteiger partial charge < -0.3 is 4.90 Å². The van der Waals surface area contributed by atoms with Crippen molar-refractivity contribution in [1.82, 2.24) is 24.6 Å². The third-order valence-electron chi connectivity index (χ3n) is 5.84. The summed E-state index contributed by atoms with van der Waals surface area (Å²) in [4.78, 5) is 22.0. The Labute approximate surface area is 178 Å². The van der Waals surface area contributed by atoms with Gasteiger partial charge in [-0.15, -0.1) is 0 Å². The van der Waals surface area contributed by atoms with Crippen molar-refractivity contribution < 1.29 is 4.79 Å². The Morgan fingerprint density at radius 2 is 1.70 bits per heavy atom. The standard InChI is InChI=1S/C24H29N5O/c1-19-23(20(2)29(26-19)18-21-8-4-3-5-9-21)24(30)28-16-14-27(15-17-28)13-11-22-10-6-7-12-25-22/h3-10,12H,11,13-18H2,1-2H3. The molecule has 6 nitrogen and oxygen atoms in total. The van der Waals surface area contributed by atoms with E-state index in [9.17, 15) is 4.79 Å². The maximum atomic E-state index is 13.2. The maximum Gasteiger partial charge on any atom is 0.257 e. The summed E-state index contributed by atoms with van der Waals surface area (Å²) in [5, 5.41) is 4.65. The van der Waals surface area contributed by atoms with E-state index in [4.69, 9.17) is 0 Å². The molecule has 0 spiro atoms. The predicted octanol–water partition coefficient (Wildman–Crippen LogP) is 2.94. The van der Waals surface area contributed by atoms with Crippen LogP contribution in [0.5, 0.6) is 0 Å². The van der Waals surface area contributed by atoms with Crippen LogP contribution in [0.25, 0.3) is 0 Å². The molecule has 0 unspecified atom stereocenters. The number of rotatable bonds is 6. The number of amides is 1. The molecule has 6 heteroatoms. The van der Waals surface area contributed by atoms with Crippen molar-refractivity contribution in [2.45, 2.75) is 26.8 Å². The number of pyridine rings is 1. The van der Waals surface area contributed by atoms with Crippen LogP contribution in [0.1, 0.15) is 33.0 Å². The number of carbonyl (C=O) groups is 1. The number of nitrogens with zero attached hydrogens (tertiary/aromatic N) is 5. The zero-order valence-corrected chi connectivity index (χ0v) is 17.8. The molecule has 0 radical (unpaired) electrons. The molecule has 30 heavy (non-hydrogen) atoms. The van der Waals surface area contributed by atoms with Gasteiger partial charge in [0.2, 0.25) is 0 Å². The molecule has 1 aliphatic rings. The summed E-state index contributed by atoms with van der Waals surface area (Å²) >= 11 is 0. The third kappa shape index (κ3) is 4.60. The van der Waals surface area contributed by atoms with Crippen LogP contribution < -0.4 is 0 Å². The normalized spacial score (nSPS) is 14.8. The van der Waals surface area contributed by atoms with Crippen LogP contribution in [0.2, 0.25) is 0 Å². The summed E-state index contributed by atoms with van der Waals surface area (Å²) in [6, 6.07) is 16.3. The highest BCUT2D eigenvalue weighted by molar-refractivity contribution is 5.96. The minimum atomic E-state index is 0.105. The first-order valence-electron chi connectivity index (χ1n) is 10.6. The summed E-state index contributed by atoms with van der Waals surface area (Å²) < 4.78 is 1.95. The van der Waals surface area contributed by atoms with Gasteiger partial charge in [-0.3, -0.25) is 19.4 Å². The van der Waals surface area contributed by atoms with E-state index in [1.165, 1.54) is 5.56 Å². The van der Waals surface area contributed by atoms with Crippen molar-refractivity contribution in [3.05, 3.63) is 82.9 Å². The molecule has 3 aromatic rings. The number of hydrogen-bond acceptors (Lipinski definition) is 4. The second-order valence-electron chi connectivity index (χ2n) is 7.89. The zero-order chi connectivity index (χ0) is 20.9. The third-order valence-corrected chi connectivity index (χ3v) is 5.84. The van der Waals surface area contributed by atoms with Crippen LogP contribution in [0.4, 0.5) is 0 Å². The maximum absolute atomic E-state index is 13.2. The van der Waals surface area contributed by atoms with Gasteiger partial charge in [0.1, 0.15) is 0 Å². The Morgan fingerprint density at radius 1 is 0.967 bits per heavy atom. The highest BCUT2D eigenvalue weighted by atomic mass is 16.2. The molecule has 0 N–H and O–H groups in total. The van der Waals surface area contributed by atoms with Gasteiger partial charge in [-0.25, -0.2) is 0 Å². The number of benzene rings is 1. The number of hydrogen-bond donors (Lipinski definition) is 0. The van der Waals surface area contributed by atoms with E-state index in [1.807, 2.05) is 60.0 Å². The molecule has 1 saturated heterocycles. The Balaban J connectivity index is 1.36. The molecule has 0 atom stereocenters. The van der Waals surface area contributed by atoms with Crippen molar-refractivity contribution in [2.24, 2.45) is 0 Å². The van der Waals surface area contributed by atoms with Gasteiger partial charge >= 0.3 is 0 Å². The molecule has 0 bridgehead atoms. The first-order valence-corrected chi connectivity index (χ1v) is 10.6. The van der Waals surface area contributed by atoms with Gasteiger partial charge in [0.15, 0.2) is 0 Å². The summed E-state index contributed by atoms with van der Waals surface area (Å²) in [5.74, 6) is 0.105. The molecule has 0 aliphatic carbocycles. The quantitative estimate of drug-likeness (QED) is 0.635. The van der Waals surface area contributed by atoms with Crippen LogP contribution >= 0.6 is 0 Å². The topological polar surface area (TPSA) is 54.3 Å². The fourth-order valence-electron chi connectivity index (χ4n) is 4.07. The van der Waals surface area contributed by atoms with E-state index < -0.39 is 0 Å². The highest BCUT2D eigenvalue weighted by Gasteiger charge is 2.26. The molecular formula is C24H29N5O. The average molecular weight is 404 g/mol. The molecule has 1 aromatic carbocycles. The molecule has 1 fully saturated rings. The fraction of sp³-hybridized carbons (Fsp3) is 0.375. The van der Waals surface area contributed by atoms with E-state index >= 15 is 0 Å². The predicted molar refractivity (Wildman–Crippen MR) is 118 cm³/mol. The summed E-state index contributed by atoms with van der Waals surface area (Å²) in [7, 11) is 0. The van der Waals surface area contributed by atoms with Crippen LogP contribution in [-0.4, -0.2) is 63.2 Å². The summed E-state index contributed by atoms with van der Waals surface area (Å²) in [5.41, 5.74) is 4.81. The van der Waals surface area contributed by atoms with E-state index in [1.54, 1.807) is 0 Å². The molecule has 0 saturated carbocycles. The molecule has 156 valence electrons. The first-order chi connectivity index (χ1) is 14.6. The summed E-state index contributed by atoms with van der Waals surface area (Å²) in [6.07, 6.45) is 2.79. The lowest BCUT2D eigenvalue weighted by Gasteiger charge is -2.34. The van der Waals surface area contributed by atoms with Crippen molar-refractivity contribution in [3.63, 3.8) is 0 Å². The van der Waals surface area contributed by atoms with Gasteiger partial charge in [0.05, 0.1) is 17.8 Å². The van der Waals surface area contributed by atoms with E-state index in [0.29, 0.717) is 6.54 Å². The van der Waals surface area contributed by atoms with Gasteiger partial charge in [-0.2, -0.15) is 5.10 Å². The first kappa shape index (κ1) is 20.3. The SMILES string of the molecule is Cc1nn(Cc2ccccc2)c(C)c1C(=O)N1CCN(CCc2ccccn2)CC1. The second kappa shape index (κ2) is 9.22. The Bertz CT molecular complexity index is 976. The van der Waals surface area contributed by atoms with Gasteiger partial charge in [0.25, 0.3) is 5.91 Å². The van der Waals surface area contributed by atoms with Crippen molar-refractivity contribution in [1.29, 1.82) is 0 Å². The largest absolute Gasteiger partial charge is 0.336 e. The number of aromatic nitrogens is 3. The average Bonchev–Trinajstić information content (AvgIpc) is 3.06. The second-order valence-corrected chi connectivity index (χ2v) is 7.89. The van der Waals surface area contributed by atoms with E-state index in [-0.39, 0.29) is 5.91 Å². The molecule has 1 amide bonds. The Morgan fingerprint density at radius 3 is 2.40 bits per heavy atom. The summed E-state index contributed by atoms with van der Waals surface area (Å²) in [6.45, 7) is 8.90. The Kier molecular flexibility index (Phi) is 6.23. The molecular weight excluding hydrogens is 374 g/mol. The van der Waals surface area contributed by atoms with Crippen molar-refractivity contribution >= 4 is 5.91 Å². The van der Waals surface area contributed by atoms with E-state index in [2.05, 4.69) is 33.2 Å². The monoisotopic (exact) mass is 403 g/mol. The van der Waals surface area contributed by atoms with Crippen LogP contribution in [0.15, 0.2) is 54.7 Å². The number of aryl methyl sites for hydroxylation is 1. The van der Waals surface area contributed by atoms with Gasteiger partial charge in [-0.1, -0.05) is 36.4 Å². The van der Waals surface area contributed by atoms with Crippen molar-refractivity contribution in [3.8, 4) is 0 Å². The van der Waals surface area contributed by atoms with Gasteiger partial charge in [-0.05, 0) is 31.5 Å². The smallest absolute Gasteiger partial charge is 0.257 e. The minimum Gasteiger partial charge on any atom is -0.336 e. The molecule has 1 aliphatic heterocycles. The fourth-order valence-corrected chi connectivity index (χ4v) is 4.07. The lowest BCUT2D eigenvalue weighted by atomic mass is 10.1. The molecule has 2 aromatic heterocycles. The lowest BCUT2D eigenvalue weighted by Crippen LogP contribution is -2.49. The van der Waals surface area contributed by atoms with Crippen molar-refractivity contribution in [2.75, 3.05) is 32.7 Å². The van der Waals surface area contributed by atoms with Crippen LogP contribution in [0, 0.1) is 13.8 Å². The van der Waals surface area contributed by atoms with Gasteiger partial charge in [0, 0.05) is 56.7 Å². The van der Waals surface area contributed by atoms with E-state index in [0.717, 1.165) is 61.8 Å². The molecule has 3 heterocycles. The minimum absolute atomic E-state index is 0.105. The van der Waals surface area contributed by atoms with Crippen LogP contribution in [-0.2, 0) is 13.0 Å². The molecule has 4 rings (SSSR count). The number of piperazine rings is 1.